The number of benzene rings is 2. The minimum absolute atomic E-state index is 0.0662. The number of amides is 1. The molecule has 5 heteroatoms. The number of carbonyl (C=O) groups excluding carboxylic acids is 1. The molecule has 0 spiro atoms. The number of aliphatic carboxylic acids is 1. The molecule has 0 bridgehead atoms. The van der Waals surface area contributed by atoms with Crippen molar-refractivity contribution in [1.29, 1.82) is 0 Å². The van der Waals surface area contributed by atoms with Crippen LogP contribution in [0.15, 0.2) is 60.7 Å². The van der Waals surface area contributed by atoms with Crippen LogP contribution in [0.1, 0.15) is 5.56 Å². The van der Waals surface area contributed by atoms with E-state index in [0.29, 0.717) is 16.9 Å². The highest BCUT2D eigenvalue weighted by atomic mass is 16.4. The number of carboxylic acids is 1. The van der Waals surface area contributed by atoms with E-state index in [9.17, 15) is 14.7 Å². The molecule has 0 aliphatic carbocycles. The number of nitrogens with one attached hydrogen (secondary N) is 1. The van der Waals surface area contributed by atoms with Crippen molar-refractivity contribution in [3.8, 4) is 0 Å². The monoisotopic (exact) mass is 282 g/mol. The number of hydrogen-bond acceptors (Lipinski definition) is 3. The summed E-state index contributed by atoms with van der Waals surface area (Å²) in [7, 11) is 0. The summed E-state index contributed by atoms with van der Waals surface area (Å²) in [6.45, 7) is 0. The van der Waals surface area contributed by atoms with Gasteiger partial charge in [-0.2, -0.15) is 0 Å². The van der Waals surface area contributed by atoms with E-state index in [-0.39, 0.29) is 5.57 Å². The van der Waals surface area contributed by atoms with Gasteiger partial charge in [-0.05, 0) is 29.8 Å². The zero-order valence-corrected chi connectivity index (χ0v) is 11.1. The Bertz CT molecular complexity index is 676. The molecule has 0 aliphatic rings. The lowest BCUT2D eigenvalue weighted by Gasteiger charge is -2.05. The number of nitrogens with two attached hydrogens (primary N) is 1. The molecule has 0 fully saturated rings. The minimum atomic E-state index is -1.16. The number of hydrogen-bond donors (Lipinski definition) is 3. The third-order valence-corrected chi connectivity index (χ3v) is 2.77. The van der Waals surface area contributed by atoms with E-state index >= 15 is 0 Å². The van der Waals surface area contributed by atoms with Gasteiger partial charge < -0.3 is 16.2 Å². The zero-order valence-electron chi connectivity index (χ0n) is 11.1. The van der Waals surface area contributed by atoms with Crippen molar-refractivity contribution in [2.24, 2.45) is 0 Å². The van der Waals surface area contributed by atoms with Crippen LogP contribution >= 0.6 is 0 Å². The third-order valence-electron chi connectivity index (χ3n) is 2.77. The number of carbonyl (C=O) groups is 2. The van der Waals surface area contributed by atoms with Crippen LogP contribution in [-0.4, -0.2) is 17.0 Å². The topological polar surface area (TPSA) is 92.4 Å². The molecule has 2 aromatic rings. The molecule has 0 aliphatic heterocycles. The van der Waals surface area contributed by atoms with Crippen molar-refractivity contribution in [3.05, 3.63) is 66.2 Å². The van der Waals surface area contributed by atoms with E-state index in [4.69, 9.17) is 5.73 Å². The molecule has 0 heterocycles. The van der Waals surface area contributed by atoms with Crippen LogP contribution < -0.4 is 11.1 Å². The van der Waals surface area contributed by atoms with Crippen LogP contribution in [0.5, 0.6) is 0 Å². The van der Waals surface area contributed by atoms with E-state index in [2.05, 4.69) is 5.32 Å². The second-order valence-corrected chi connectivity index (χ2v) is 4.34. The molecular weight excluding hydrogens is 268 g/mol. The van der Waals surface area contributed by atoms with Crippen molar-refractivity contribution in [2.45, 2.75) is 0 Å². The van der Waals surface area contributed by atoms with Gasteiger partial charge in [0, 0.05) is 17.5 Å². The molecule has 0 saturated heterocycles. The van der Waals surface area contributed by atoms with E-state index in [1.807, 2.05) is 0 Å². The van der Waals surface area contributed by atoms with Crippen LogP contribution in [0.4, 0.5) is 11.4 Å². The Balaban J connectivity index is 2.20. The normalized spacial score (nSPS) is 11.0. The van der Waals surface area contributed by atoms with Crippen LogP contribution in [-0.2, 0) is 9.59 Å². The van der Waals surface area contributed by atoms with Crippen LogP contribution in [0.3, 0.4) is 0 Å². The van der Waals surface area contributed by atoms with E-state index in [1.54, 1.807) is 54.6 Å². The van der Waals surface area contributed by atoms with Crippen molar-refractivity contribution < 1.29 is 14.7 Å². The SMILES string of the molecule is Nc1ccc(NC(=O)C=C(C(=O)O)c2ccccc2)cc1. The van der Waals surface area contributed by atoms with Gasteiger partial charge in [-0.25, -0.2) is 4.79 Å². The fraction of sp³-hybridized carbons (Fsp3) is 0. The maximum absolute atomic E-state index is 11.9. The maximum Gasteiger partial charge on any atom is 0.336 e. The molecule has 0 atom stereocenters. The summed E-state index contributed by atoms with van der Waals surface area (Å²) in [5.74, 6) is -1.67. The summed E-state index contributed by atoms with van der Waals surface area (Å²) in [6, 6.07) is 15.1. The first-order valence-electron chi connectivity index (χ1n) is 6.23. The van der Waals surface area contributed by atoms with Crippen molar-refractivity contribution in [3.63, 3.8) is 0 Å². The summed E-state index contributed by atoms with van der Waals surface area (Å²) in [6.07, 6.45) is 1.06. The van der Waals surface area contributed by atoms with Gasteiger partial charge in [0.05, 0.1) is 5.57 Å². The summed E-state index contributed by atoms with van der Waals surface area (Å²) in [4.78, 5) is 23.2. The number of anilines is 2. The van der Waals surface area contributed by atoms with E-state index in [1.165, 1.54) is 0 Å². The largest absolute Gasteiger partial charge is 0.478 e. The van der Waals surface area contributed by atoms with Gasteiger partial charge in [-0.1, -0.05) is 30.3 Å². The van der Waals surface area contributed by atoms with Crippen LogP contribution in [0, 0.1) is 0 Å². The first kappa shape index (κ1) is 14.3. The molecule has 4 N–H and O–H groups in total. The van der Waals surface area contributed by atoms with Gasteiger partial charge in [-0.3, -0.25) is 4.79 Å². The molecule has 2 rings (SSSR count). The quantitative estimate of drug-likeness (QED) is 0.593. The highest BCUT2D eigenvalue weighted by Gasteiger charge is 2.12. The van der Waals surface area contributed by atoms with E-state index in [0.717, 1.165) is 6.08 Å². The summed E-state index contributed by atoms with van der Waals surface area (Å²) >= 11 is 0. The lowest BCUT2D eigenvalue weighted by molar-refractivity contribution is -0.130. The molecule has 0 radical (unpaired) electrons. The highest BCUT2D eigenvalue weighted by molar-refractivity contribution is 6.21. The number of rotatable bonds is 4. The average molecular weight is 282 g/mol. The average Bonchev–Trinajstić information content (AvgIpc) is 2.48. The molecule has 106 valence electrons. The summed E-state index contributed by atoms with van der Waals surface area (Å²) in [5, 5.41) is 11.8. The fourth-order valence-corrected chi connectivity index (χ4v) is 1.76. The molecule has 0 aromatic heterocycles. The fourth-order valence-electron chi connectivity index (χ4n) is 1.76. The molecule has 0 unspecified atom stereocenters. The molecule has 2 aromatic carbocycles. The van der Waals surface area contributed by atoms with Gasteiger partial charge in [0.2, 0.25) is 5.91 Å². The predicted octanol–water partition coefficient (Wildman–Crippen LogP) is 2.38. The predicted molar refractivity (Wildman–Crippen MR) is 81.5 cm³/mol. The Kier molecular flexibility index (Phi) is 4.36. The second kappa shape index (κ2) is 6.38. The molecule has 5 nitrogen and oxygen atoms in total. The summed E-state index contributed by atoms with van der Waals surface area (Å²) in [5.41, 5.74) is 7.08. The summed E-state index contributed by atoms with van der Waals surface area (Å²) < 4.78 is 0. The van der Waals surface area contributed by atoms with Crippen LogP contribution in [0.2, 0.25) is 0 Å². The van der Waals surface area contributed by atoms with Gasteiger partial charge in [0.15, 0.2) is 0 Å². The lowest BCUT2D eigenvalue weighted by atomic mass is 10.1. The Morgan fingerprint density at radius 3 is 2.19 bits per heavy atom. The lowest BCUT2D eigenvalue weighted by Crippen LogP contribution is -2.11. The number of nitrogen functional groups attached to an aromatic ring is 1. The van der Waals surface area contributed by atoms with Gasteiger partial charge >= 0.3 is 5.97 Å². The third kappa shape index (κ3) is 3.94. The second-order valence-electron chi connectivity index (χ2n) is 4.34. The first-order chi connectivity index (χ1) is 10.1. The molecule has 0 saturated carbocycles. The highest BCUT2D eigenvalue weighted by Crippen LogP contribution is 2.15. The van der Waals surface area contributed by atoms with Crippen molar-refractivity contribution in [2.75, 3.05) is 11.1 Å². The zero-order chi connectivity index (χ0) is 15.2. The molecular formula is C16H14N2O3. The standard InChI is InChI=1S/C16H14N2O3/c17-12-6-8-13(9-7-12)18-15(19)10-14(16(20)21)11-4-2-1-3-5-11/h1-10H,17H2,(H,18,19)(H,20,21). The first-order valence-corrected chi connectivity index (χ1v) is 6.23. The van der Waals surface area contributed by atoms with Crippen molar-refractivity contribution in [1.82, 2.24) is 0 Å². The van der Waals surface area contributed by atoms with Gasteiger partial charge in [-0.15, -0.1) is 0 Å². The van der Waals surface area contributed by atoms with E-state index < -0.39 is 11.9 Å². The molecule has 1 amide bonds. The van der Waals surface area contributed by atoms with Crippen molar-refractivity contribution >= 4 is 28.8 Å². The smallest absolute Gasteiger partial charge is 0.336 e. The maximum atomic E-state index is 11.9. The minimum Gasteiger partial charge on any atom is -0.478 e. The Labute approximate surface area is 121 Å². The van der Waals surface area contributed by atoms with Gasteiger partial charge in [0.25, 0.3) is 0 Å². The Hall–Kier alpha value is -3.08. The van der Waals surface area contributed by atoms with Crippen LogP contribution in [0.25, 0.3) is 5.57 Å². The van der Waals surface area contributed by atoms with Gasteiger partial charge in [0.1, 0.15) is 0 Å². The Morgan fingerprint density at radius 1 is 1.00 bits per heavy atom. The molecule has 21 heavy (non-hydrogen) atoms. The number of carboxylic acid groups (broad SMARTS) is 1. The Morgan fingerprint density at radius 2 is 1.62 bits per heavy atom.